The number of hydrogen-bond donors (Lipinski definition) is 0. The zero-order valence-corrected chi connectivity index (χ0v) is 18.2. The minimum atomic E-state index is 0.205. The first kappa shape index (κ1) is 20.1. The minimum absolute atomic E-state index is 0.205. The van der Waals surface area contributed by atoms with Crippen molar-refractivity contribution in [2.75, 3.05) is 13.6 Å². The highest BCUT2D eigenvalue weighted by Gasteiger charge is 2.22. The van der Waals surface area contributed by atoms with Gasteiger partial charge in [0.15, 0.2) is 23.0 Å². The van der Waals surface area contributed by atoms with Crippen LogP contribution in [0.15, 0.2) is 107 Å². The molecule has 166 valence electrons. The number of fused-ring (bicyclic) bond motifs is 2. The molecule has 0 amide bonds. The van der Waals surface area contributed by atoms with Crippen LogP contribution in [-0.2, 0) is 0 Å². The van der Waals surface area contributed by atoms with Crippen LogP contribution < -0.4 is 18.9 Å². The zero-order chi connectivity index (χ0) is 22.7. The van der Waals surface area contributed by atoms with Gasteiger partial charge in [0, 0.05) is 11.1 Å². The Morgan fingerprint density at radius 1 is 0.471 bits per heavy atom. The van der Waals surface area contributed by atoms with Gasteiger partial charge in [-0.1, -0.05) is 36.4 Å². The lowest BCUT2D eigenvalue weighted by Crippen LogP contribution is -2.17. The summed E-state index contributed by atoms with van der Waals surface area (Å²) in [6.45, 7) is 0.411. The summed E-state index contributed by atoms with van der Waals surface area (Å²) in [5.74, 6) is 2.80. The Labute approximate surface area is 196 Å². The number of ether oxygens (including phenoxy) is 4. The zero-order valence-electron chi connectivity index (χ0n) is 18.2. The van der Waals surface area contributed by atoms with Crippen LogP contribution in [0.25, 0.3) is 0 Å². The average molecular weight is 448 g/mol. The highest BCUT2D eigenvalue weighted by molar-refractivity contribution is 6.54. The predicted octanol–water partition coefficient (Wildman–Crippen LogP) is 6.09. The highest BCUT2D eigenvalue weighted by atomic mass is 16.7. The molecule has 6 rings (SSSR count). The Morgan fingerprint density at radius 2 is 0.882 bits per heavy atom. The SMILES string of the molecule is c1ccc(N=C(C(=Nc2ccccc2)c2ccc3c(c2)OCO3)c2ccc3c(c2)OCO3)cc1. The highest BCUT2D eigenvalue weighted by Crippen LogP contribution is 2.36. The van der Waals surface area contributed by atoms with Gasteiger partial charge in [-0.25, -0.2) is 9.98 Å². The maximum atomic E-state index is 5.65. The van der Waals surface area contributed by atoms with E-state index in [9.17, 15) is 0 Å². The maximum Gasteiger partial charge on any atom is 0.231 e. The van der Waals surface area contributed by atoms with Crippen LogP contribution in [0, 0.1) is 0 Å². The van der Waals surface area contributed by atoms with Crippen molar-refractivity contribution < 1.29 is 18.9 Å². The lowest BCUT2D eigenvalue weighted by atomic mass is 9.98. The molecule has 6 heteroatoms. The first-order chi connectivity index (χ1) is 16.8. The second-order valence-electron chi connectivity index (χ2n) is 7.73. The van der Waals surface area contributed by atoms with Crippen molar-refractivity contribution in [1.82, 2.24) is 0 Å². The molecular weight excluding hydrogens is 428 g/mol. The van der Waals surface area contributed by atoms with E-state index in [1.54, 1.807) is 0 Å². The van der Waals surface area contributed by atoms with Gasteiger partial charge >= 0.3 is 0 Å². The first-order valence-corrected chi connectivity index (χ1v) is 10.9. The van der Waals surface area contributed by atoms with Gasteiger partial charge in [0.2, 0.25) is 13.6 Å². The van der Waals surface area contributed by atoms with Crippen LogP contribution in [-0.4, -0.2) is 25.0 Å². The van der Waals surface area contributed by atoms with Gasteiger partial charge < -0.3 is 18.9 Å². The molecule has 0 bridgehead atoms. The third kappa shape index (κ3) is 3.97. The fourth-order valence-corrected chi connectivity index (χ4v) is 3.86. The lowest BCUT2D eigenvalue weighted by Gasteiger charge is -2.13. The van der Waals surface area contributed by atoms with Gasteiger partial charge in [0.25, 0.3) is 0 Å². The maximum absolute atomic E-state index is 5.65. The van der Waals surface area contributed by atoms with Gasteiger partial charge in [-0.15, -0.1) is 0 Å². The van der Waals surface area contributed by atoms with Crippen molar-refractivity contribution in [3.63, 3.8) is 0 Å². The number of para-hydroxylation sites is 2. The molecule has 4 aromatic rings. The molecule has 0 aromatic heterocycles. The fourth-order valence-electron chi connectivity index (χ4n) is 3.86. The second kappa shape index (κ2) is 8.75. The molecule has 2 heterocycles. The summed E-state index contributed by atoms with van der Waals surface area (Å²) in [6.07, 6.45) is 0. The fraction of sp³-hybridized carbons (Fsp3) is 0.0714. The molecule has 0 N–H and O–H groups in total. The molecule has 0 saturated carbocycles. The van der Waals surface area contributed by atoms with E-state index >= 15 is 0 Å². The van der Waals surface area contributed by atoms with E-state index in [1.165, 1.54) is 0 Å². The molecule has 0 saturated heterocycles. The van der Waals surface area contributed by atoms with Crippen LogP contribution in [0.4, 0.5) is 11.4 Å². The number of nitrogens with zero attached hydrogens (tertiary/aromatic N) is 2. The Kier molecular flexibility index (Phi) is 5.16. The molecule has 0 atom stereocenters. The largest absolute Gasteiger partial charge is 0.454 e. The molecule has 0 fully saturated rings. The van der Waals surface area contributed by atoms with Crippen molar-refractivity contribution >= 4 is 22.8 Å². The van der Waals surface area contributed by atoms with Crippen LogP contribution in [0.5, 0.6) is 23.0 Å². The summed E-state index contributed by atoms with van der Waals surface area (Å²) in [7, 11) is 0. The topological polar surface area (TPSA) is 61.6 Å². The van der Waals surface area contributed by atoms with E-state index in [-0.39, 0.29) is 13.6 Å². The Morgan fingerprint density at radius 3 is 1.32 bits per heavy atom. The van der Waals surface area contributed by atoms with E-state index < -0.39 is 0 Å². The standard InChI is InChI=1S/C28H20N2O4/c1-3-7-21(8-4-1)29-27(19-11-13-23-25(15-19)33-17-31-23)28(30-22-9-5-2-6-10-22)20-12-14-24-26(16-20)34-18-32-24/h1-16H,17-18H2. The van der Waals surface area contributed by atoms with E-state index in [1.807, 2.05) is 97.1 Å². The number of rotatable bonds is 5. The van der Waals surface area contributed by atoms with Gasteiger partial charge in [-0.2, -0.15) is 0 Å². The molecule has 2 aliphatic heterocycles. The summed E-state index contributed by atoms with van der Waals surface area (Å²) in [5.41, 5.74) is 4.76. The summed E-state index contributed by atoms with van der Waals surface area (Å²) in [5, 5.41) is 0. The Bertz CT molecular complexity index is 1290. The molecule has 2 aliphatic rings. The van der Waals surface area contributed by atoms with Crippen molar-refractivity contribution in [3.05, 3.63) is 108 Å². The van der Waals surface area contributed by atoms with Crippen LogP contribution >= 0.6 is 0 Å². The molecule has 6 nitrogen and oxygen atoms in total. The molecule has 0 aliphatic carbocycles. The molecule has 34 heavy (non-hydrogen) atoms. The van der Waals surface area contributed by atoms with Crippen molar-refractivity contribution in [1.29, 1.82) is 0 Å². The monoisotopic (exact) mass is 448 g/mol. The number of hydrogen-bond acceptors (Lipinski definition) is 6. The third-order valence-corrected chi connectivity index (χ3v) is 5.51. The number of benzene rings is 4. The van der Waals surface area contributed by atoms with E-state index in [4.69, 9.17) is 28.9 Å². The molecule has 0 radical (unpaired) electrons. The third-order valence-electron chi connectivity index (χ3n) is 5.51. The smallest absolute Gasteiger partial charge is 0.231 e. The molecular formula is C28H20N2O4. The molecule has 0 spiro atoms. The normalized spacial score (nSPS) is 14.4. The predicted molar refractivity (Wildman–Crippen MR) is 130 cm³/mol. The van der Waals surface area contributed by atoms with Gasteiger partial charge in [-0.3, -0.25) is 0 Å². The Balaban J connectivity index is 1.57. The van der Waals surface area contributed by atoms with Gasteiger partial charge in [0.1, 0.15) is 0 Å². The van der Waals surface area contributed by atoms with E-state index in [2.05, 4.69) is 0 Å². The second-order valence-corrected chi connectivity index (χ2v) is 7.73. The molecule has 4 aromatic carbocycles. The van der Waals surface area contributed by atoms with Crippen molar-refractivity contribution in [2.24, 2.45) is 9.98 Å². The summed E-state index contributed by atoms with van der Waals surface area (Å²) >= 11 is 0. The van der Waals surface area contributed by atoms with E-state index in [0.717, 1.165) is 22.5 Å². The summed E-state index contributed by atoms with van der Waals surface area (Å²) in [6, 6.07) is 31.3. The molecule has 0 unspecified atom stereocenters. The minimum Gasteiger partial charge on any atom is -0.454 e. The van der Waals surface area contributed by atoms with Crippen LogP contribution in [0.3, 0.4) is 0 Å². The van der Waals surface area contributed by atoms with Crippen LogP contribution in [0.1, 0.15) is 11.1 Å². The first-order valence-electron chi connectivity index (χ1n) is 10.9. The lowest BCUT2D eigenvalue weighted by molar-refractivity contribution is 0.173. The van der Waals surface area contributed by atoms with Crippen LogP contribution in [0.2, 0.25) is 0 Å². The van der Waals surface area contributed by atoms with E-state index in [0.29, 0.717) is 34.4 Å². The quantitative estimate of drug-likeness (QED) is 0.347. The van der Waals surface area contributed by atoms with Crippen molar-refractivity contribution in [3.8, 4) is 23.0 Å². The van der Waals surface area contributed by atoms with Gasteiger partial charge in [-0.05, 0) is 60.7 Å². The summed E-state index contributed by atoms with van der Waals surface area (Å²) in [4.78, 5) is 10.1. The Hall–Kier alpha value is -4.58. The van der Waals surface area contributed by atoms with Gasteiger partial charge in [0.05, 0.1) is 22.8 Å². The van der Waals surface area contributed by atoms with Crippen molar-refractivity contribution in [2.45, 2.75) is 0 Å². The summed E-state index contributed by atoms with van der Waals surface area (Å²) < 4.78 is 22.3. The average Bonchev–Trinajstić information content (AvgIpc) is 3.56. The number of aliphatic imine (C=N–C) groups is 2.